The molecule has 0 unspecified atom stereocenters. The van der Waals surface area contributed by atoms with Crippen molar-refractivity contribution in [3.63, 3.8) is 0 Å². The number of aromatic nitrogens is 1. The molecule has 0 radical (unpaired) electrons. The molecule has 1 amide bonds. The Morgan fingerprint density at radius 3 is 2.53 bits per heavy atom. The van der Waals surface area contributed by atoms with E-state index in [0.717, 1.165) is 45.0 Å². The maximum Gasteiger partial charge on any atom is 0.350 e. The normalized spacial score (nSPS) is 15.1. The first-order valence-electron chi connectivity index (χ1n) is 10.5. The number of carbonyl (C=O) groups is 2. The van der Waals surface area contributed by atoms with E-state index in [1.807, 2.05) is 12.1 Å². The minimum absolute atomic E-state index is 0.309. The third kappa shape index (κ3) is 4.78. The molecule has 3 aromatic rings. The lowest BCUT2D eigenvalue weighted by molar-refractivity contribution is 0.0607. The molecule has 0 aliphatic carbocycles. The number of piperazine rings is 1. The lowest BCUT2D eigenvalue weighted by atomic mass is 10.2. The minimum atomic E-state index is -0.514. The molecule has 0 spiro atoms. The zero-order chi connectivity index (χ0) is 22.7. The third-order valence-corrected chi connectivity index (χ3v) is 7.05. The Hall–Kier alpha value is -2.52. The standard InChI is InChI=1S/C23H25ClN4O3S/c1-3-27-10-12-28(13-11-27)14-15-8-9-17-19(20(23(30)31-2)32-22(17)25-15)26-21(29)16-6-4-5-7-18(16)24/h4-9H,3,10-14H2,1-2H3,(H,26,29). The van der Waals surface area contributed by atoms with Crippen molar-refractivity contribution in [3.8, 4) is 0 Å². The number of likely N-dealkylation sites (N-methyl/N-ethyl adjacent to an activating group) is 1. The van der Waals surface area contributed by atoms with Crippen molar-refractivity contribution in [1.29, 1.82) is 0 Å². The van der Waals surface area contributed by atoms with Crippen LogP contribution in [0.25, 0.3) is 10.2 Å². The van der Waals surface area contributed by atoms with E-state index in [1.165, 1.54) is 18.4 Å². The molecule has 3 heterocycles. The molecule has 168 valence electrons. The van der Waals surface area contributed by atoms with Crippen LogP contribution in [0.2, 0.25) is 5.02 Å². The van der Waals surface area contributed by atoms with Crippen molar-refractivity contribution in [2.24, 2.45) is 0 Å². The van der Waals surface area contributed by atoms with Gasteiger partial charge in [-0.3, -0.25) is 9.69 Å². The average molecular weight is 473 g/mol. The lowest BCUT2D eigenvalue weighted by Crippen LogP contribution is -2.45. The van der Waals surface area contributed by atoms with Crippen LogP contribution in [0.5, 0.6) is 0 Å². The zero-order valence-corrected chi connectivity index (χ0v) is 19.6. The number of rotatable bonds is 6. The third-order valence-electron chi connectivity index (χ3n) is 5.64. The van der Waals surface area contributed by atoms with Gasteiger partial charge in [0.1, 0.15) is 9.71 Å². The first-order valence-corrected chi connectivity index (χ1v) is 11.7. The molecule has 9 heteroatoms. The fraction of sp³-hybridized carbons (Fsp3) is 0.348. The van der Waals surface area contributed by atoms with E-state index in [0.29, 0.717) is 31.4 Å². The van der Waals surface area contributed by atoms with Gasteiger partial charge >= 0.3 is 5.97 Å². The van der Waals surface area contributed by atoms with Crippen LogP contribution in [-0.4, -0.2) is 66.5 Å². The first-order chi connectivity index (χ1) is 15.5. The Kier molecular flexibility index (Phi) is 7.05. The molecular formula is C23H25ClN4O3S. The van der Waals surface area contributed by atoms with Gasteiger partial charge in [-0.25, -0.2) is 9.78 Å². The minimum Gasteiger partial charge on any atom is -0.465 e. The van der Waals surface area contributed by atoms with Gasteiger partial charge in [0.25, 0.3) is 5.91 Å². The topological polar surface area (TPSA) is 74.8 Å². The summed E-state index contributed by atoms with van der Waals surface area (Å²) >= 11 is 7.39. The molecule has 1 saturated heterocycles. The molecule has 1 aliphatic rings. The number of hydrogen-bond acceptors (Lipinski definition) is 7. The Labute approximate surface area is 195 Å². The Morgan fingerprint density at radius 2 is 1.84 bits per heavy atom. The number of esters is 1. The SMILES string of the molecule is CCN1CCN(Cc2ccc3c(NC(=O)c4ccccc4Cl)c(C(=O)OC)sc3n2)CC1. The largest absolute Gasteiger partial charge is 0.465 e. The van der Waals surface area contributed by atoms with Gasteiger partial charge in [-0.15, -0.1) is 11.3 Å². The van der Waals surface area contributed by atoms with Crippen molar-refractivity contribution in [2.45, 2.75) is 13.5 Å². The van der Waals surface area contributed by atoms with Crippen LogP contribution in [-0.2, 0) is 11.3 Å². The number of methoxy groups -OCH3 is 1. The molecular weight excluding hydrogens is 448 g/mol. The molecule has 1 aliphatic heterocycles. The summed E-state index contributed by atoms with van der Waals surface area (Å²) in [7, 11) is 1.32. The molecule has 4 rings (SSSR count). The summed E-state index contributed by atoms with van der Waals surface area (Å²) in [5.74, 6) is -0.905. The number of nitrogens with zero attached hydrogens (tertiary/aromatic N) is 3. The summed E-state index contributed by atoms with van der Waals surface area (Å²) in [5, 5.41) is 3.89. The second kappa shape index (κ2) is 9.95. The number of anilines is 1. The predicted molar refractivity (Wildman–Crippen MR) is 128 cm³/mol. The van der Waals surface area contributed by atoms with Crippen LogP contribution in [0.1, 0.15) is 32.6 Å². The van der Waals surface area contributed by atoms with E-state index in [9.17, 15) is 9.59 Å². The quantitative estimate of drug-likeness (QED) is 0.544. The van der Waals surface area contributed by atoms with Crippen LogP contribution in [0.4, 0.5) is 5.69 Å². The number of hydrogen-bond donors (Lipinski definition) is 1. The second-order valence-electron chi connectivity index (χ2n) is 7.60. The predicted octanol–water partition coefficient (Wildman–Crippen LogP) is 4.13. The highest BCUT2D eigenvalue weighted by atomic mass is 35.5. The number of ether oxygens (including phenoxy) is 1. The molecule has 1 aromatic carbocycles. The molecule has 32 heavy (non-hydrogen) atoms. The van der Waals surface area contributed by atoms with E-state index in [4.69, 9.17) is 21.3 Å². The van der Waals surface area contributed by atoms with E-state index >= 15 is 0 Å². The molecule has 7 nitrogen and oxygen atoms in total. The van der Waals surface area contributed by atoms with Gasteiger partial charge in [0.15, 0.2) is 0 Å². The maximum absolute atomic E-state index is 12.8. The molecule has 0 saturated carbocycles. The van der Waals surface area contributed by atoms with E-state index in [2.05, 4.69) is 22.0 Å². The summed E-state index contributed by atoms with van der Waals surface area (Å²) in [6.45, 7) is 8.13. The number of amides is 1. The van der Waals surface area contributed by atoms with Crippen LogP contribution in [0.15, 0.2) is 36.4 Å². The monoisotopic (exact) mass is 472 g/mol. The van der Waals surface area contributed by atoms with Gasteiger partial charge in [-0.2, -0.15) is 0 Å². The Bertz CT molecular complexity index is 1140. The zero-order valence-electron chi connectivity index (χ0n) is 18.1. The molecule has 0 atom stereocenters. The molecule has 1 N–H and O–H groups in total. The van der Waals surface area contributed by atoms with Crippen molar-refractivity contribution >= 4 is 50.7 Å². The van der Waals surface area contributed by atoms with E-state index in [-0.39, 0.29) is 0 Å². The number of nitrogens with one attached hydrogen (secondary N) is 1. The highest BCUT2D eigenvalue weighted by molar-refractivity contribution is 7.21. The summed E-state index contributed by atoms with van der Waals surface area (Å²) in [6, 6.07) is 10.6. The van der Waals surface area contributed by atoms with Crippen LogP contribution in [0.3, 0.4) is 0 Å². The number of halogens is 1. The van der Waals surface area contributed by atoms with Gasteiger partial charge < -0.3 is 15.0 Å². The average Bonchev–Trinajstić information content (AvgIpc) is 3.16. The van der Waals surface area contributed by atoms with Crippen molar-refractivity contribution in [1.82, 2.24) is 14.8 Å². The van der Waals surface area contributed by atoms with Gasteiger partial charge in [-0.1, -0.05) is 30.7 Å². The summed E-state index contributed by atoms with van der Waals surface area (Å²) in [4.78, 5) is 35.9. The molecule has 2 aromatic heterocycles. The van der Waals surface area contributed by atoms with Gasteiger partial charge in [0, 0.05) is 38.1 Å². The van der Waals surface area contributed by atoms with E-state index < -0.39 is 11.9 Å². The summed E-state index contributed by atoms with van der Waals surface area (Å²) in [5.41, 5.74) is 1.67. The number of carbonyl (C=O) groups excluding carboxylic acids is 2. The second-order valence-corrected chi connectivity index (χ2v) is 9.00. The number of benzene rings is 1. The highest BCUT2D eigenvalue weighted by Gasteiger charge is 2.23. The van der Waals surface area contributed by atoms with Crippen molar-refractivity contribution in [3.05, 3.63) is 57.6 Å². The van der Waals surface area contributed by atoms with Crippen LogP contribution in [0, 0.1) is 0 Å². The lowest BCUT2D eigenvalue weighted by Gasteiger charge is -2.33. The Balaban J connectivity index is 1.61. The smallest absolute Gasteiger partial charge is 0.350 e. The Morgan fingerprint density at radius 1 is 1.12 bits per heavy atom. The van der Waals surface area contributed by atoms with Crippen LogP contribution < -0.4 is 5.32 Å². The summed E-state index contributed by atoms with van der Waals surface area (Å²) in [6.07, 6.45) is 0. The fourth-order valence-corrected chi connectivity index (χ4v) is 5.07. The van der Waals surface area contributed by atoms with Gasteiger partial charge in [0.2, 0.25) is 0 Å². The van der Waals surface area contributed by atoms with Crippen LogP contribution >= 0.6 is 22.9 Å². The number of pyridine rings is 1. The summed E-state index contributed by atoms with van der Waals surface area (Å²) < 4.78 is 4.94. The highest BCUT2D eigenvalue weighted by Crippen LogP contribution is 2.36. The maximum atomic E-state index is 12.8. The van der Waals surface area contributed by atoms with Crippen molar-refractivity contribution in [2.75, 3.05) is 45.2 Å². The van der Waals surface area contributed by atoms with Crippen molar-refractivity contribution < 1.29 is 14.3 Å². The molecule has 0 bridgehead atoms. The van der Waals surface area contributed by atoms with Gasteiger partial charge in [0.05, 0.1) is 29.1 Å². The number of fused-ring (bicyclic) bond motifs is 1. The van der Waals surface area contributed by atoms with E-state index in [1.54, 1.807) is 24.3 Å². The number of thiophene rings is 1. The first kappa shape index (κ1) is 22.7. The fourth-order valence-electron chi connectivity index (χ4n) is 3.78. The van der Waals surface area contributed by atoms with Gasteiger partial charge in [-0.05, 0) is 30.8 Å². The molecule has 1 fully saturated rings.